The fourth-order valence-electron chi connectivity index (χ4n) is 3.06. The van der Waals surface area contributed by atoms with E-state index in [9.17, 15) is 31.2 Å². The van der Waals surface area contributed by atoms with Crippen LogP contribution in [0.25, 0.3) is 0 Å². The van der Waals surface area contributed by atoms with Gasteiger partial charge in [0.1, 0.15) is 11.4 Å². The molecule has 2 heterocycles. The molecular formula is C19H19F3N4O4S. The van der Waals surface area contributed by atoms with Crippen LogP contribution in [0.15, 0.2) is 47.5 Å². The first kappa shape index (κ1) is 18.6. The van der Waals surface area contributed by atoms with E-state index in [1.807, 2.05) is 0 Å². The number of imide groups is 1. The van der Waals surface area contributed by atoms with Crippen LogP contribution in [0.1, 0.15) is 23.5 Å². The zero-order chi connectivity index (χ0) is 25.7. The van der Waals surface area contributed by atoms with Gasteiger partial charge in [0.2, 0.25) is 0 Å². The summed E-state index contributed by atoms with van der Waals surface area (Å²) in [7, 11) is -5.59. The molecule has 3 amide bonds. The van der Waals surface area contributed by atoms with Crippen molar-refractivity contribution in [1.29, 1.82) is 0 Å². The third-order valence-corrected chi connectivity index (χ3v) is 6.33. The number of halogens is 3. The fourth-order valence-corrected chi connectivity index (χ4v) is 3.82. The first-order valence-electron chi connectivity index (χ1n) is 10.3. The van der Waals surface area contributed by atoms with Gasteiger partial charge in [-0.3, -0.25) is 4.79 Å². The lowest BCUT2D eigenvalue weighted by Crippen LogP contribution is -2.43. The van der Waals surface area contributed by atoms with Crippen LogP contribution in [0.4, 0.5) is 29.5 Å². The van der Waals surface area contributed by atoms with Crippen molar-refractivity contribution in [2.24, 2.45) is 0 Å². The van der Waals surface area contributed by atoms with Gasteiger partial charge in [-0.2, -0.15) is 13.2 Å². The van der Waals surface area contributed by atoms with E-state index < -0.39 is 44.7 Å². The summed E-state index contributed by atoms with van der Waals surface area (Å²) in [6, 6.07) is 5.37. The Morgan fingerprint density at radius 2 is 1.81 bits per heavy atom. The van der Waals surface area contributed by atoms with Crippen LogP contribution in [0.3, 0.4) is 0 Å². The molecule has 2 aromatic rings. The molecule has 0 radical (unpaired) electrons. The number of hydrogen-bond donors (Lipinski definition) is 1. The molecule has 1 aliphatic rings. The van der Waals surface area contributed by atoms with Crippen molar-refractivity contribution in [2.75, 3.05) is 17.2 Å². The number of hydrogen-bond acceptors (Lipinski definition) is 6. The number of nitrogens with zero attached hydrogens (tertiary/aromatic N) is 3. The van der Waals surface area contributed by atoms with E-state index in [2.05, 4.69) is 10.3 Å². The molecule has 1 N–H and O–H groups in total. The molecule has 1 aromatic heterocycles. The summed E-state index contributed by atoms with van der Waals surface area (Å²) < 4.78 is 83.2. The third kappa shape index (κ3) is 3.82. The average Bonchev–Trinajstić information content (AvgIpc) is 2.86. The molecule has 0 atom stereocenters. The SMILES string of the molecule is [2H]C([2H])([2H])Nc1cc(CN2C(=O)N(c3ccc(S(=O)(=O)C(F)(F)F)cc3)C(=O)C2(C)C)ccn1. The van der Waals surface area contributed by atoms with Crippen molar-refractivity contribution < 1.29 is 35.3 Å². The highest BCUT2D eigenvalue weighted by atomic mass is 32.2. The van der Waals surface area contributed by atoms with Gasteiger partial charge in [0.25, 0.3) is 15.7 Å². The summed E-state index contributed by atoms with van der Waals surface area (Å²) in [5, 5.41) is 2.23. The largest absolute Gasteiger partial charge is 0.501 e. The van der Waals surface area contributed by atoms with Crippen molar-refractivity contribution >= 4 is 33.3 Å². The van der Waals surface area contributed by atoms with Gasteiger partial charge in [-0.15, -0.1) is 0 Å². The third-order valence-electron chi connectivity index (χ3n) is 4.83. The maximum Gasteiger partial charge on any atom is 0.501 e. The Morgan fingerprint density at radius 3 is 2.39 bits per heavy atom. The van der Waals surface area contributed by atoms with Gasteiger partial charge in [-0.05, 0) is 55.8 Å². The minimum Gasteiger partial charge on any atom is -0.373 e. The predicted molar refractivity (Wildman–Crippen MR) is 106 cm³/mol. The molecule has 0 spiro atoms. The number of aromatic nitrogens is 1. The topological polar surface area (TPSA) is 99.7 Å². The van der Waals surface area contributed by atoms with E-state index >= 15 is 0 Å². The monoisotopic (exact) mass is 459 g/mol. The number of alkyl halides is 3. The molecule has 3 rings (SSSR count). The number of rotatable bonds is 5. The molecule has 8 nitrogen and oxygen atoms in total. The van der Waals surface area contributed by atoms with Crippen LogP contribution >= 0.6 is 0 Å². The minimum atomic E-state index is -5.59. The number of amides is 3. The van der Waals surface area contributed by atoms with Gasteiger partial charge in [0.05, 0.1) is 10.6 Å². The number of carbonyl (C=O) groups is 2. The second kappa shape index (κ2) is 7.52. The van der Waals surface area contributed by atoms with Crippen molar-refractivity contribution in [1.82, 2.24) is 9.88 Å². The molecular weight excluding hydrogens is 437 g/mol. The van der Waals surface area contributed by atoms with E-state index in [0.29, 0.717) is 17.7 Å². The second-order valence-corrected chi connectivity index (χ2v) is 9.13. The second-order valence-electron chi connectivity index (χ2n) is 7.19. The maximum absolute atomic E-state index is 13.1. The summed E-state index contributed by atoms with van der Waals surface area (Å²) in [6.45, 7) is 0.344. The standard InChI is InChI=1S/C19H19F3N4O4S/c1-18(2)16(27)26(13-4-6-14(7-5-13)31(29,30)19(20,21)22)17(28)25(18)11-12-8-9-24-15(10-12)23-3/h4-10H,11H2,1-3H3,(H,23,24)/i3D3. The summed E-state index contributed by atoms with van der Waals surface area (Å²) in [4.78, 5) is 30.9. The molecule has 1 fully saturated rings. The maximum atomic E-state index is 13.1. The van der Waals surface area contributed by atoms with Crippen LogP contribution in [0.2, 0.25) is 0 Å². The van der Waals surface area contributed by atoms with Gasteiger partial charge in [-0.25, -0.2) is 23.1 Å². The van der Waals surface area contributed by atoms with Crippen molar-refractivity contribution in [2.45, 2.75) is 36.3 Å². The Balaban J connectivity index is 1.89. The van der Waals surface area contributed by atoms with Gasteiger partial charge in [0, 0.05) is 23.8 Å². The van der Waals surface area contributed by atoms with E-state index in [1.165, 1.54) is 37.1 Å². The average molecular weight is 459 g/mol. The fraction of sp³-hybridized carbons (Fsp3) is 0.316. The van der Waals surface area contributed by atoms with Crippen LogP contribution in [0, 0.1) is 0 Å². The Morgan fingerprint density at radius 1 is 1.16 bits per heavy atom. The van der Waals surface area contributed by atoms with E-state index in [0.717, 1.165) is 17.0 Å². The molecule has 1 aromatic carbocycles. The van der Waals surface area contributed by atoms with E-state index in [4.69, 9.17) is 4.11 Å². The number of urea groups is 1. The molecule has 0 unspecified atom stereocenters. The number of benzene rings is 1. The molecule has 31 heavy (non-hydrogen) atoms. The number of sulfone groups is 1. The highest BCUT2D eigenvalue weighted by molar-refractivity contribution is 7.92. The Hall–Kier alpha value is -3.15. The summed E-state index contributed by atoms with van der Waals surface area (Å²) >= 11 is 0. The molecule has 166 valence electrons. The van der Waals surface area contributed by atoms with Crippen molar-refractivity contribution in [3.05, 3.63) is 48.2 Å². The van der Waals surface area contributed by atoms with Crippen LogP contribution < -0.4 is 10.2 Å². The van der Waals surface area contributed by atoms with Crippen molar-refractivity contribution in [3.8, 4) is 0 Å². The lowest BCUT2D eigenvalue weighted by atomic mass is 10.0. The van der Waals surface area contributed by atoms with Gasteiger partial charge in [0.15, 0.2) is 0 Å². The minimum absolute atomic E-state index is 0.0339. The molecule has 0 saturated carbocycles. The quantitative estimate of drug-likeness (QED) is 0.690. The normalized spacial score (nSPS) is 18.5. The Kier molecular flexibility index (Phi) is 4.51. The Labute approximate surface area is 180 Å². The van der Waals surface area contributed by atoms with Gasteiger partial charge < -0.3 is 10.2 Å². The highest BCUT2D eigenvalue weighted by Crippen LogP contribution is 2.35. The summed E-state index contributed by atoms with van der Waals surface area (Å²) in [6.07, 6.45) is 1.33. The molecule has 0 aliphatic carbocycles. The van der Waals surface area contributed by atoms with Crippen LogP contribution in [-0.4, -0.2) is 48.3 Å². The smallest absolute Gasteiger partial charge is 0.373 e. The predicted octanol–water partition coefficient (Wildman–Crippen LogP) is 3.16. The number of nitrogens with one attached hydrogen (secondary N) is 1. The molecule has 1 aliphatic heterocycles. The van der Waals surface area contributed by atoms with Gasteiger partial charge >= 0.3 is 11.5 Å². The number of pyridine rings is 1. The lowest BCUT2D eigenvalue weighted by molar-refractivity contribution is -0.123. The van der Waals surface area contributed by atoms with Crippen LogP contribution in [-0.2, 0) is 21.2 Å². The molecule has 0 bridgehead atoms. The van der Waals surface area contributed by atoms with E-state index in [1.54, 1.807) is 0 Å². The Bertz CT molecular complexity index is 1230. The number of carbonyl (C=O) groups excluding carboxylic acids is 2. The summed E-state index contributed by atoms with van der Waals surface area (Å²) in [5.74, 6) is -0.648. The first-order chi connectivity index (χ1) is 15.4. The zero-order valence-electron chi connectivity index (χ0n) is 19.3. The first-order valence-corrected chi connectivity index (χ1v) is 10.2. The summed E-state index contributed by atoms with van der Waals surface area (Å²) in [5.41, 5.74) is -6.50. The highest BCUT2D eigenvalue weighted by Gasteiger charge is 2.52. The number of anilines is 2. The van der Waals surface area contributed by atoms with Crippen molar-refractivity contribution in [3.63, 3.8) is 0 Å². The van der Waals surface area contributed by atoms with Gasteiger partial charge in [-0.1, -0.05) is 0 Å². The molecule has 12 heteroatoms. The van der Waals surface area contributed by atoms with Crippen LogP contribution in [0.5, 0.6) is 0 Å². The van der Waals surface area contributed by atoms with E-state index in [-0.39, 0.29) is 18.1 Å². The zero-order valence-corrected chi connectivity index (χ0v) is 17.1. The lowest BCUT2D eigenvalue weighted by Gasteiger charge is -2.27. The molecule has 1 saturated heterocycles.